The first-order chi connectivity index (χ1) is 15.9. The van der Waals surface area contributed by atoms with E-state index < -0.39 is 5.92 Å². The van der Waals surface area contributed by atoms with Crippen LogP contribution in [-0.4, -0.2) is 44.7 Å². The molecule has 0 unspecified atom stereocenters. The van der Waals surface area contributed by atoms with Gasteiger partial charge in [-0.3, -0.25) is 9.69 Å². The number of nitriles is 1. The fraction of sp³-hybridized carbons (Fsp3) is 0.360. The van der Waals surface area contributed by atoms with Gasteiger partial charge in [0.2, 0.25) is 5.91 Å². The zero-order chi connectivity index (χ0) is 23.7. The van der Waals surface area contributed by atoms with Gasteiger partial charge in [0.05, 0.1) is 50.5 Å². The molecular weight excluding hydrogens is 438 g/mol. The van der Waals surface area contributed by atoms with Crippen LogP contribution in [0.5, 0.6) is 17.2 Å². The minimum atomic E-state index is -0.413. The van der Waals surface area contributed by atoms with Crippen molar-refractivity contribution in [3.8, 4) is 23.3 Å². The molecule has 1 amide bonds. The molecule has 172 valence electrons. The van der Waals surface area contributed by atoms with Crippen LogP contribution >= 0.6 is 11.8 Å². The Bertz CT molecular complexity index is 1170. The van der Waals surface area contributed by atoms with Crippen LogP contribution in [0.4, 0.5) is 5.69 Å². The van der Waals surface area contributed by atoms with Crippen molar-refractivity contribution >= 4 is 23.4 Å². The predicted molar refractivity (Wildman–Crippen MR) is 129 cm³/mol. The van der Waals surface area contributed by atoms with Crippen LogP contribution < -0.4 is 19.1 Å². The second kappa shape index (κ2) is 9.28. The van der Waals surface area contributed by atoms with Gasteiger partial charge in [-0.25, -0.2) is 0 Å². The number of rotatable bonds is 5. The standard InChI is InChI=1S/C25H27N3O4S/c1-15-6-7-17(8-16(15)2)27-13-28-24(29)10-18(20(12-26)25(28)33-14-27)19-9-22(31-4)23(32-5)11-21(19)30-3/h6-9,11,18H,10,13-14H2,1-5H3/t18-/m1/s1. The number of thioether (sulfide) groups is 1. The van der Waals surface area contributed by atoms with Gasteiger partial charge < -0.3 is 19.1 Å². The van der Waals surface area contributed by atoms with Crippen LogP contribution in [0.3, 0.4) is 0 Å². The van der Waals surface area contributed by atoms with Gasteiger partial charge in [0, 0.05) is 29.7 Å². The highest BCUT2D eigenvalue weighted by Crippen LogP contribution is 2.47. The lowest BCUT2D eigenvalue weighted by atomic mass is 9.85. The number of benzene rings is 2. The molecule has 1 atom stereocenters. The monoisotopic (exact) mass is 465 g/mol. The Labute approximate surface area is 198 Å². The molecule has 0 aliphatic carbocycles. The Kier molecular flexibility index (Phi) is 6.43. The van der Waals surface area contributed by atoms with Gasteiger partial charge in [-0.1, -0.05) is 17.8 Å². The van der Waals surface area contributed by atoms with Crippen molar-refractivity contribution in [1.29, 1.82) is 5.26 Å². The third-order valence-corrected chi connectivity index (χ3v) is 7.41. The van der Waals surface area contributed by atoms with Gasteiger partial charge in [0.15, 0.2) is 11.5 Å². The third-order valence-electron chi connectivity index (χ3n) is 6.26. The van der Waals surface area contributed by atoms with Crippen molar-refractivity contribution in [1.82, 2.24) is 4.90 Å². The highest BCUT2D eigenvalue weighted by atomic mass is 32.2. The molecule has 2 aliphatic rings. The largest absolute Gasteiger partial charge is 0.496 e. The number of anilines is 1. The Morgan fingerprint density at radius 2 is 1.70 bits per heavy atom. The third kappa shape index (κ3) is 4.09. The van der Waals surface area contributed by atoms with E-state index in [1.807, 2.05) is 0 Å². The molecule has 7 nitrogen and oxygen atoms in total. The molecule has 2 heterocycles. The smallest absolute Gasteiger partial charge is 0.229 e. The van der Waals surface area contributed by atoms with Gasteiger partial charge in [0.25, 0.3) is 0 Å². The van der Waals surface area contributed by atoms with Crippen LogP contribution in [0.25, 0.3) is 0 Å². The summed E-state index contributed by atoms with van der Waals surface area (Å²) in [6.45, 7) is 4.59. The number of carbonyl (C=O) groups excluding carboxylic acids is 1. The molecule has 0 saturated carbocycles. The molecule has 0 aromatic heterocycles. The maximum atomic E-state index is 13.3. The maximum Gasteiger partial charge on any atom is 0.229 e. The number of fused-ring (bicyclic) bond motifs is 1. The highest BCUT2D eigenvalue weighted by Gasteiger charge is 2.39. The summed E-state index contributed by atoms with van der Waals surface area (Å²) in [7, 11) is 4.68. The average molecular weight is 466 g/mol. The summed E-state index contributed by atoms with van der Waals surface area (Å²) in [4.78, 5) is 17.2. The van der Waals surface area contributed by atoms with Crippen molar-refractivity contribution < 1.29 is 19.0 Å². The molecule has 1 saturated heterocycles. The van der Waals surface area contributed by atoms with Crippen LogP contribution in [0, 0.1) is 25.2 Å². The second-order valence-corrected chi connectivity index (χ2v) is 9.02. The molecule has 0 bridgehead atoms. The van der Waals surface area contributed by atoms with Crippen molar-refractivity contribution in [3.63, 3.8) is 0 Å². The molecule has 0 radical (unpaired) electrons. The van der Waals surface area contributed by atoms with Crippen LogP contribution in [-0.2, 0) is 4.79 Å². The molecule has 0 spiro atoms. The van der Waals surface area contributed by atoms with Crippen LogP contribution in [0.15, 0.2) is 40.9 Å². The summed E-state index contributed by atoms with van der Waals surface area (Å²) in [6.07, 6.45) is 0.180. The fourth-order valence-electron chi connectivity index (χ4n) is 4.24. The van der Waals surface area contributed by atoms with E-state index in [0.717, 1.165) is 16.3 Å². The topological polar surface area (TPSA) is 75.0 Å². The number of aryl methyl sites for hydroxylation is 2. The Morgan fingerprint density at radius 1 is 1.00 bits per heavy atom. The van der Waals surface area contributed by atoms with Gasteiger partial charge in [0.1, 0.15) is 5.75 Å². The van der Waals surface area contributed by atoms with E-state index in [0.29, 0.717) is 35.4 Å². The molecule has 0 N–H and O–H groups in total. The lowest BCUT2D eigenvalue weighted by Gasteiger charge is -2.42. The summed E-state index contributed by atoms with van der Waals surface area (Å²) in [5.41, 5.74) is 4.83. The summed E-state index contributed by atoms with van der Waals surface area (Å²) >= 11 is 1.52. The minimum absolute atomic E-state index is 0.0214. The Balaban J connectivity index is 1.72. The van der Waals surface area contributed by atoms with Crippen LogP contribution in [0.2, 0.25) is 0 Å². The van der Waals surface area contributed by atoms with Crippen molar-refractivity contribution in [2.75, 3.05) is 38.8 Å². The summed E-state index contributed by atoms with van der Waals surface area (Å²) in [5.74, 6) is 1.84. The number of carbonyl (C=O) groups is 1. The summed E-state index contributed by atoms with van der Waals surface area (Å²) < 4.78 is 16.4. The first kappa shape index (κ1) is 22.9. The van der Waals surface area contributed by atoms with Gasteiger partial charge in [-0.2, -0.15) is 5.26 Å². The molecule has 2 aromatic carbocycles. The molecule has 33 heavy (non-hydrogen) atoms. The fourth-order valence-corrected chi connectivity index (χ4v) is 5.41. The molecular formula is C25H27N3O4S. The van der Waals surface area contributed by atoms with E-state index in [4.69, 9.17) is 14.2 Å². The second-order valence-electron chi connectivity index (χ2n) is 8.08. The lowest BCUT2D eigenvalue weighted by molar-refractivity contribution is -0.129. The first-order valence-corrected chi connectivity index (χ1v) is 11.6. The van der Waals surface area contributed by atoms with Crippen molar-refractivity contribution in [2.24, 2.45) is 0 Å². The molecule has 8 heteroatoms. The van der Waals surface area contributed by atoms with E-state index >= 15 is 0 Å². The number of amides is 1. The van der Waals surface area contributed by atoms with Crippen molar-refractivity contribution in [3.05, 3.63) is 57.6 Å². The van der Waals surface area contributed by atoms with Crippen LogP contribution in [0.1, 0.15) is 29.0 Å². The Morgan fingerprint density at radius 3 is 2.33 bits per heavy atom. The number of hydrogen-bond acceptors (Lipinski definition) is 7. The summed E-state index contributed by atoms with van der Waals surface area (Å²) in [6, 6.07) is 12.2. The maximum absolute atomic E-state index is 13.3. The number of ether oxygens (including phenoxy) is 3. The highest BCUT2D eigenvalue weighted by molar-refractivity contribution is 8.03. The number of nitrogens with zero attached hydrogens (tertiary/aromatic N) is 3. The zero-order valence-electron chi connectivity index (χ0n) is 19.5. The lowest BCUT2D eigenvalue weighted by Crippen LogP contribution is -2.47. The molecule has 2 aliphatic heterocycles. The van der Waals surface area contributed by atoms with Gasteiger partial charge >= 0.3 is 0 Å². The Hall–Kier alpha value is -3.31. The van der Waals surface area contributed by atoms with Gasteiger partial charge in [-0.05, 0) is 43.2 Å². The van der Waals surface area contributed by atoms with E-state index in [9.17, 15) is 10.1 Å². The number of methoxy groups -OCH3 is 3. The van der Waals surface area contributed by atoms with Gasteiger partial charge in [-0.15, -0.1) is 0 Å². The zero-order valence-corrected chi connectivity index (χ0v) is 20.3. The predicted octanol–water partition coefficient (Wildman–Crippen LogP) is 4.55. The number of allylic oxidation sites excluding steroid dienone is 1. The summed E-state index contributed by atoms with van der Waals surface area (Å²) in [5, 5.41) is 10.8. The molecule has 1 fully saturated rings. The van der Waals surface area contributed by atoms with E-state index in [1.54, 1.807) is 38.4 Å². The van der Waals surface area contributed by atoms with Crippen molar-refractivity contribution in [2.45, 2.75) is 26.2 Å². The minimum Gasteiger partial charge on any atom is -0.496 e. The van der Waals surface area contributed by atoms with E-state index in [-0.39, 0.29) is 12.3 Å². The SMILES string of the molecule is COc1cc(OC)c([C@H]2CC(=O)N3CN(c4ccc(C)c(C)c4)CSC3=C2C#N)cc1OC. The van der Waals surface area contributed by atoms with E-state index in [1.165, 1.54) is 22.9 Å². The van der Waals surface area contributed by atoms with E-state index in [2.05, 4.69) is 43.0 Å². The quantitative estimate of drug-likeness (QED) is 0.641. The number of hydrogen-bond donors (Lipinski definition) is 0. The normalized spacial score (nSPS) is 18.1. The first-order valence-electron chi connectivity index (χ1n) is 10.6. The average Bonchev–Trinajstić information content (AvgIpc) is 2.84. The molecule has 2 aromatic rings. The molecule has 4 rings (SSSR count).